The number of carboxylic acids is 1. The summed E-state index contributed by atoms with van der Waals surface area (Å²) in [6, 6.07) is 3.28. The van der Waals surface area contributed by atoms with Gasteiger partial charge in [-0.2, -0.15) is 26.3 Å². The van der Waals surface area contributed by atoms with Gasteiger partial charge in [0.25, 0.3) is 0 Å². The molecular formula is C28H25F8NO6S. The van der Waals surface area contributed by atoms with Gasteiger partial charge in [-0.25, -0.2) is 17.2 Å². The second-order valence-electron chi connectivity index (χ2n) is 11.2. The molecule has 1 N–H and O–H groups in total. The highest BCUT2D eigenvalue weighted by Gasteiger charge is 2.74. The van der Waals surface area contributed by atoms with Crippen molar-refractivity contribution in [2.45, 2.75) is 65.8 Å². The van der Waals surface area contributed by atoms with E-state index in [1.807, 2.05) is 0 Å². The maximum Gasteiger partial charge on any atom is 0.435 e. The quantitative estimate of drug-likeness (QED) is 0.329. The molecule has 2 fully saturated rings. The molecule has 16 heteroatoms. The van der Waals surface area contributed by atoms with Gasteiger partial charge in [0, 0.05) is 23.6 Å². The van der Waals surface area contributed by atoms with E-state index in [0.717, 1.165) is 24.3 Å². The van der Waals surface area contributed by atoms with Crippen molar-refractivity contribution in [2.24, 2.45) is 11.8 Å². The average Bonchev–Trinajstić information content (AvgIpc) is 3.37. The predicted octanol–water partition coefficient (Wildman–Crippen LogP) is 5.67. The molecule has 2 heterocycles. The number of alkyl halides is 7. The minimum Gasteiger partial charge on any atom is -0.491 e. The number of sulfone groups is 1. The van der Waals surface area contributed by atoms with Gasteiger partial charge in [-0.3, -0.25) is 9.59 Å². The number of carbonyl (C=O) groups is 2. The van der Waals surface area contributed by atoms with E-state index in [2.05, 4.69) is 0 Å². The molecule has 2 aliphatic heterocycles. The summed E-state index contributed by atoms with van der Waals surface area (Å²) in [6.45, 7) is -0.879. The number of amides is 1. The van der Waals surface area contributed by atoms with Crippen molar-refractivity contribution in [1.82, 2.24) is 4.90 Å². The first kappa shape index (κ1) is 32.0. The summed E-state index contributed by atoms with van der Waals surface area (Å²) in [5.41, 5.74) is -8.05. The van der Waals surface area contributed by atoms with Crippen molar-refractivity contribution in [3.8, 4) is 5.75 Å². The first-order valence-electron chi connectivity index (χ1n) is 13.5. The molecule has 5 rings (SSSR count). The van der Waals surface area contributed by atoms with Crippen LogP contribution in [0, 0.1) is 17.7 Å². The molecule has 2 unspecified atom stereocenters. The fourth-order valence-electron chi connectivity index (χ4n) is 6.63. The van der Waals surface area contributed by atoms with Crippen molar-refractivity contribution in [2.75, 3.05) is 13.2 Å². The molecule has 7 nitrogen and oxygen atoms in total. The molecule has 0 aromatic heterocycles. The Kier molecular flexibility index (Phi) is 7.69. The van der Waals surface area contributed by atoms with Gasteiger partial charge in [0.2, 0.25) is 5.91 Å². The minimum atomic E-state index is -6.43. The molecule has 1 amide bonds. The number of ether oxygens (including phenoxy) is 1. The summed E-state index contributed by atoms with van der Waals surface area (Å²) >= 11 is 0. The van der Waals surface area contributed by atoms with Crippen LogP contribution in [-0.4, -0.2) is 61.8 Å². The number of nitrogens with zero attached hydrogens (tertiary/aromatic N) is 1. The topological polar surface area (TPSA) is 101 Å². The number of fused-ring (bicyclic) bond motifs is 3. The zero-order valence-corrected chi connectivity index (χ0v) is 23.4. The lowest BCUT2D eigenvalue weighted by Gasteiger charge is -2.43. The second-order valence-corrected chi connectivity index (χ2v) is 13.4. The van der Waals surface area contributed by atoms with E-state index in [4.69, 9.17) is 4.74 Å². The number of benzene rings is 2. The molecule has 2 atom stereocenters. The maximum atomic E-state index is 14.9. The number of halogens is 8. The highest BCUT2D eigenvalue weighted by atomic mass is 32.2. The normalized spacial score (nSPS) is 26.0. The van der Waals surface area contributed by atoms with Crippen LogP contribution < -0.4 is 4.74 Å². The lowest BCUT2D eigenvalue weighted by Crippen LogP contribution is -2.56. The number of rotatable bonds is 5. The Hall–Kier alpha value is -3.43. The molecular weight excluding hydrogens is 630 g/mol. The van der Waals surface area contributed by atoms with Crippen LogP contribution in [-0.2, 0) is 29.8 Å². The number of carboxylic acid groups (broad SMARTS) is 1. The monoisotopic (exact) mass is 655 g/mol. The van der Waals surface area contributed by atoms with Crippen LogP contribution in [0.2, 0.25) is 0 Å². The standard InChI is InChI=1S/C28H25F8NO6S/c29-18-6-8-19(9-7-18)44(41,42)25-11-12-37(23(38)15-1-3-16(4-2-15)24(39)40)22(25)14-43-21-13-17(5-10-20(21)25)26(30,27(31,32)33)28(34,35)36/h5-10,13,15-16,22H,1-4,11-12,14H2,(H,39,40)/t15-,16-,22?,25?. The van der Waals surface area contributed by atoms with Crippen LogP contribution in [0.1, 0.15) is 43.2 Å². The SMILES string of the molecule is O=C(O)[C@H]1CC[C@H](C(=O)N2CCC3(S(=O)(=O)c4ccc(F)cc4)c4ccc(C(F)(C(F)(F)F)C(F)(F)F)cc4OCC23)CC1. The number of carbonyl (C=O) groups excluding carboxylic acids is 1. The zero-order valence-electron chi connectivity index (χ0n) is 22.6. The fraction of sp³-hybridized carbons (Fsp3) is 0.500. The molecule has 240 valence electrons. The van der Waals surface area contributed by atoms with Crippen LogP contribution >= 0.6 is 0 Å². The lowest BCUT2D eigenvalue weighted by atomic mass is 9.81. The molecule has 0 radical (unpaired) electrons. The Morgan fingerprint density at radius 1 is 0.886 bits per heavy atom. The smallest absolute Gasteiger partial charge is 0.435 e. The third kappa shape index (κ3) is 4.70. The summed E-state index contributed by atoms with van der Waals surface area (Å²) in [5, 5.41) is 9.28. The van der Waals surface area contributed by atoms with Crippen molar-refractivity contribution in [1.29, 1.82) is 0 Å². The van der Waals surface area contributed by atoms with E-state index < -0.39 is 91.0 Å². The maximum absolute atomic E-state index is 14.9. The highest BCUT2D eigenvalue weighted by Crippen LogP contribution is 2.57. The van der Waals surface area contributed by atoms with Crippen LogP contribution in [0.15, 0.2) is 47.4 Å². The van der Waals surface area contributed by atoms with E-state index in [1.54, 1.807) is 0 Å². The summed E-state index contributed by atoms with van der Waals surface area (Å²) in [6.07, 6.45) is -12.4. The third-order valence-electron chi connectivity index (χ3n) is 8.96. The summed E-state index contributed by atoms with van der Waals surface area (Å²) in [7, 11) is -4.67. The zero-order chi connectivity index (χ0) is 32.5. The minimum absolute atomic E-state index is 0.173. The number of likely N-dealkylation sites (tertiary alicyclic amines) is 1. The molecule has 1 saturated carbocycles. The average molecular weight is 656 g/mol. The summed E-state index contributed by atoms with van der Waals surface area (Å²) in [5.74, 6) is -4.35. The number of hydrogen-bond donors (Lipinski definition) is 1. The highest BCUT2D eigenvalue weighted by molar-refractivity contribution is 7.92. The Bertz CT molecular complexity index is 1550. The third-order valence-corrected chi connectivity index (χ3v) is 11.5. The van der Waals surface area contributed by atoms with Gasteiger partial charge in [0.1, 0.15) is 22.9 Å². The van der Waals surface area contributed by atoms with E-state index in [0.29, 0.717) is 6.07 Å². The molecule has 1 saturated heterocycles. The molecule has 3 aliphatic rings. The van der Waals surface area contributed by atoms with Gasteiger partial charge >= 0.3 is 24.0 Å². The molecule has 2 aromatic rings. The Morgan fingerprint density at radius 3 is 2.00 bits per heavy atom. The van der Waals surface area contributed by atoms with Crippen molar-refractivity contribution < 1.29 is 63.0 Å². The molecule has 0 spiro atoms. The van der Waals surface area contributed by atoms with Crippen molar-refractivity contribution in [3.63, 3.8) is 0 Å². The fourth-order valence-corrected chi connectivity index (χ4v) is 8.92. The van der Waals surface area contributed by atoms with E-state index in [9.17, 15) is 58.2 Å². The Labute approximate surface area is 245 Å². The van der Waals surface area contributed by atoms with E-state index >= 15 is 0 Å². The second kappa shape index (κ2) is 10.6. The Morgan fingerprint density at radius 2 is 1.45 bits per heavy atom. The van der Waals surface area contributed by atoms with E-state index in [-0.39, 0.29) is 56.3 Å². The molecule has 0 bridgehead atoms. The van der Waals surface area contributed by atoms with Gasteiger partial charge in [-0.05, 0) is 62.4 Å². The lowest BCUT2D eigenvalue weighted by molar-refractivity contribution is -0.348. The van der Waals surface area contributed by atoms with Crippen LogP contribution in [0.25, 0.3) is 0 Å². The number of aliphatic carboxylic acids is 1. The molecule has 2 aromatic carbocycles. The molecule has 1 aliphatic carbocycles. The van der Waals surface area contributed by atoms with Gasteiger partial charge in [0.15, 0.2) is 9.84 Å². The predicted molar refractivity (Wildman–Crippen MR) is 135 cm³/mol. The van der Waals surface area contributed by atoms with Crippen LogP contribution in [0.3, 0.4) is 0 Å². The van der Waals surface area contributed by atoms with Gasteiger partial charge in [0.05, 0.1) is 16.9 Å². The van der Waals surface area contributed by atoms with Crippen LogP contribution in [0.5, 0.6) is 5.75 Å². The van der Waals surface area contributed by atoms with Gasteiger partial charge < -0.3 is 14.7 Å². The Balaban J connectivity index is 1.62. The number of hydrogen-bond acceptors (Lipinski definition) is 5. The first-order chi connectivity index (χ1) is 20.4. The van der Waals surface area contributed by atoms with Crippen molar-refractivity contribution in [3.05, 3.63) is 59.4 Å². The largest absolute Gasteiger partial charge is 0.491 e. The van der Waals surface area contributed by atoms with Crippen molar-refractivity contribution >= 4 is 21.7 Å². The first-order valence-corrected chi connectivity index (χ1v) is 15.0. The van der Waals surface area contributed by atoms with Gasteiger partial charge in [-0.15, -0.1) is 0 Å². The molecule has 44 heavy (non-hydrogen) atoms. The van der Waals surface area contributed by atoms with Gasteiger partial charge in [-0.1, -0.05) is 12.1 Å². The van der Waals surface area contributed by atoms with E-state index in [1.165, 1.54) is 4.90 Å². The summed E-state index contributed by atoms with van der Waals surface area (Å²) < 4.78 is 142. The summed E-state index contributed by atoms with van der Waals surface area (Å²) in [4.78, 5) is 25.8. The van der Waals surface area contributed by atoms with Crippen LogP contribution in [0.4, 0.5) is 35.1 Å².